The third kappa shape index (κ3) is 3.54. The van der Waals surface area contributed by atoms with Crippen LogP contribution in [0.3, 0.4) is 0 Å². The number of rotatable bonds is 4. The molecular weight excluding hydrogens is 406 g/mol. The molecule has 1 aliphatic rings. The summed E-state index contributed by atoms with van der Waals surface area (Å²) < 4.78 is 6.88. The second-order valence-corrected chi connectivity index (χ2v) is 7.73. The van der Waals surface area contributed by atoms with Gasteiger partial charge >= 0.3 is 0 Å². The molecule has 3 N–H and O–H groups in total. The van der Waals surface area contributed by atoms with Gasteiger partial charge in [-0.25, -0.2) is 4.68 Å². The number of anilines is 2. The van der Waals surface area contributed by atoms with Gasteiger partial charge in [0.25, 0.3) is 5.91 Å². The molecule has 0 spiro atoms. The summed E-state index contributed by atoms with van der Waals surface area (Å²) in [7, 11) is 1.46. The van der Waals surface area contributed by atoms with Crippen molar-refractivity contribution in [3.05, 3.63) is 76.1 Å². The van der Waals surface area contributed by atoms with Gasteiger partial charge in [-0.15, -0.1) is 0 Å². The van der Waals surface area contributed by atoms with Crippen LogP contribution in [0.25, 0.3) is 0 Å². The lowest BCUT2D eigenvalue weighted by Gasteiger charge is -2.30. The quantitative estimate of drug-likeness (QED) is 0.578. The second kappa shape index (κ2) is 8.12. The summed E-state index contributed by atoms with van der Waals surface area (Å²) in [6.45, 7) is 5.73. The highest BCUT2D eigenvalue weighted by Gasteiger charge is 2.34. The van der Waals surface area contributed by atoms with Gasteiger partial charge in [0.1, 0.15) is 23.5 Å². The zero-order valence-corrected chi connectivity index (χ0v) is 18.2. The Morgan fingerprint density at radius 1 is 1.25 bits per heavy atom. The van der Waals surface area contributed by atoms with Crippen molar-refractivity contribution in [3.8, 4) is 17.6 Å². The molecule has 4 rings (SSSR count). The van der Waals surface area contributed by atoms with Crippen LogP contribution in [0, 0.1) is 25.2 Å². The first-order valence-electron chi connectivity index (χ1n) is 10.0. The number of allylic oxidation sites excluding steroid dienone is 1. The zero-order valence-electron chi connectivity index (χ0n) is 18.2. The number of carbonyl (C=O) groups is 1. The van der Waals surface area contributed by atoms with E-state index in [1.807, 2.05) is 32.0 Å². The van der Waals surface area contributed by atoms with Crippen LogP contribution in [-0.2, 0) is 4.79 Å². The van der Waals surface area contributed by atoms with E-state index in [1.165, 1.54) is 19.4 Å². The van der Waals surface area contributed by atoms with Gasteiger partial charge in [0.05, 0.1) is 18.9 Å². The molecule has 0 radical (unpaired) electrons. The monoisotopic (exact) mass is 429 g/mol. The summed E-state index contributed by atoms with van der Waals surface area (Å²) in [4.78, 5) is 13.5. The Labute approximate surface area is 185 Å². The second-order valence-electron chi connectivity index (χ2n) is 7.73. The number of nitrogens with zero attached hydrogens (tertiary/aromatic N) is 3. The van der Waals surface area contributed by atoms with Gasteiger partial charge in [0.15, 0.2) is 11.5 Å². The number of aromatic hydroxyl groups is 1. The van der Waals surface area contributed by atoms with Crippen LogP contribution in [0.4, 0.5) is 11.5 Å². The van der Waals surface area contributed by atoms with Crippen molar-refractivity contribution >= 4 is 17.4 Å². The zero-order chi connectivity index (χ0) is 23.0. The normalized spacial score (nSPS) is 14.9. The number of ether oxygens (including phenoxy) is 1. The van der Waals surface area contributed by atoms with Crippen molar-refractivity contribution in [3.63, 3.8) is 0 Å². The molecule has 8 heteroatoms. The van der Waals surface area contributed by atoms with Gasteiger partial charge in [-0.05, 0) is 50.1 Å². The first kappa shape index (κ1) is 21.0. The van der Waals surface area contributed by atoms with Crippen LogP contribution in [0.15, 0.2) is 53.9 Å². The smallest absolute Gasteiger partial charge is 0.255 e. The van der Waals surface area contributed by atoms with Crippen molar-refractivity contribution in [1.29, 1.82) is 5.26 Å². The summed E-state index contributed by atoms with van der Waals surface area (Å²) in [6, 6.07) is 12.2. The van der Waals surface area contributed by atoms with Crippen molar-refractivity contribution < 1.29 is 14.6 Å². The van der Waals surface area contributed by atoms with E-state index in [2.05, 4.69) is 21.8 Å². The first-order valence-corrected chi connectivity index (χ1v) is 10.0. The van der Waals surface area contributed by atoms with Gasteiger partial charge in [0.2, 0.25) is 0 Å². The molecule has 1 amide bonds. The predicted octanol–water partition coefficient (Wildman–Crippen LogP) is 4.01. The molecular formula is C24H23N5O3. The lowest BCUT2D eigenvalue weighted by molar-refractivity contribution is -0.113. The number of phenolic OH excluding ortho intramolecular Hbond substituents is 1. The number of phenols is 1. The number of amides is 1. The van der Waals surface area contributed by atoms with Crippen LogP contribution in [0.1, 0.15) is 35.2 Å². The van der Waals surface area contributed by atoms with Crippen LogP contribution in [0.5, 0.6) is 11.5 Å². The fourth-order valence-electron chi connectivity index (χ4n) is 3.95. The fourth-order valence-corrected chi connectivity index (χ4v) is 3.95. The molecule has 3 aromatic rings. The Morgan fingerprint density at radius 2 is 2.03 bits per heavy atom. The molecule has 1 atom stereocenters. The van der Waals surface area contributed by atoms with E-state index in [1.54, 1.807) is 23.7 Å². The molecule has 1 aromatic heterocycles. The molecule has 1 aliphatic heterocycles. The Hall–Kier alpha value is -4.25. The maximum Gasteiger partial charge on any atom is 0.255 e. The standard InChI is InChI=1S/C24H23N5O3/c1-13-5-7-18(14(2)9-13)28-24(31)21-15(3)27-23-17(11-25)12-26-29(23)22(21)16-6-8-19(30)20(10-16)32-4/h5-10,12,22,27,30H,1-4H3,(H,28,31)/t22-/m0/s1. The summed E-state index contributed by atoms with van der Waals surface area (Å²) in [5, 5.41) is 30.1. The number of carbonyl (C=O) groups excluding carboxylic acids is 1. The number of benzene rings is 2. The summed E-state index contributed by atoms with van der Waals surface area (Å²) in [6.07, 6.45) is 1.46. The average Bonchev–Trinajstić information content (AvgIpc) is 3.17. The van der Waals surface area contributed by atoms with Crippen molar-refractivity contribution in [2.45, 2.75) is 26.8 Å². The minimum absolute atomic E-state index is 0.00873. The fraction of sp³-hybridized carbons (Fsp3) is 0.208. The van der Waals surface area contributed by atoms with E-state index in [-0.39, 0.29) is 17.4 Å². The highest BCUT2D eigenvalue weighted by molar-refractivity contribution is 6.06. The molecule has 0 fully saturated rings. The minimum Gasteiger partial charge on any atom is -0.504 e. The largest absolute Gasteiger partial charge is 0.504 e. The van der Waals surface area contributed by atoms with Gasteiger partial charge < -0.3 is 20.5 Å². The molecule has 162 valence electrons. The van der Waals surface area contributed by atoms with Crippen LogP contribution < -0.4 is 15.4 Å². The molecule has 0 saturated carbocycles. The van der Waals surface area contributed by atoms with E-state index >= 15 is 0 Å². The Balaban J connectivity index is 1.83. The van der Waals surface area contributed by atoms with Crippen LogP contribution in [0.2, 0.25) is 0 Å². The first-order chi connectivity index (χ1) is 15.3. The van der Waals surface area contributed by atoms with Crippen molar-refractivity contribution in [1.82, 2.24) is 9.78 Å². The number of hydrogen-bond acceptors (Lipinski definition) is 6. The van der Waals surface area contributed by atoms with E-state index in [9.17, 15) is 15.2 Å². The maximum absolute atomic E-state index is 13.5. The number of methoxy groups -OCH3 is 1. The molecule has 0 bridgehead atoms. The third-order valence-electron chi connectivity index (χ3n) is 5.54. The third-order valence-corrected chi connectivity index (χ3v) is 5.54. The molecule has 32 heavy (non-hydrogen) atoms. The molecule has 0 aliphatic carbocycles. The summed E-state index contributed by atoms with van der Waals surface area (Å²) in [5.74, 6) is 0.483. The Morgan fingerprint density at radius 3 is 2.72 bits per heavy atom. The number of aromatic nitrogens is 2. The minimum atomic E-state index is -0.631. The Kier molecular flexibility index (Phi) is 5.33. The molecule has 2 heterocycles. The van der Waals surface area contributed by atoms with E-state index in [0.29, 0.717) is 33.9 Å². The number of nitriles is 1. The SMILES string of the molecule is COc1cc([C@H]2C(C(=O)Nc3ccc(C)cc3C)=C(C)Nc3c(C#N)cnn32)ccc1O. The van der Waals surface area contributed by atoms with E-state index in [0.717, 1.165) is 11.1 Å². The highest BCUT2D eigenvalue weighted by atomic mass is 16.5. The summed E-state index contributed by atoms with van der Waals surface area (Å²) >= 11 is 0. The van der Waals surface area contributed by atoms with Gasteiger partial charge in [0, 0.05) is 11.4 Å². The van der Waals surface area contributed by atoms with Gasteiger partial charge in [-0.2, -0.15) is 10.4 Å². The molecule has 8 nitrogen and oxygen atoms in total. The number of hydrogen-bond donors (Lipinski definition) is 3. The average molecular weight is 429 g/mol. The van der Waals surface area contributed by atoms with Crippen molar-refractivity contribution in [2.24, 2.45) is 0 Å². The molecule has 2 aromatic carbocycles. The maximum atomic E-state index is 13.5. The lowest BCUT2D eigenvalue weighted by atomic mass is 9.94. The van der Waals surface area contributed by atoms with Gasteiger partial charge in [-0.1, -0.05) is 23.8 Å². The van der Waals surface area contributed by atoms with Crippen LogP contribution in [-0.4, -0.2) is 27.9 Å². The topological polar surface area (TPSA) is 112 Å². The predicted molar refractivity (Wildman–Crippen MR) is 121 cm³/mol. The molecule has 0 saturated heterocycles. The van der Waals surface area contributed by atoms with E-state index < -0.39 is 6.04 Å². The molecule has 0 unspecified atom stereocenters. The highest BCUT2D eigenvalue weighted by Crippen LogP contribution is 2.40. The lowest BCUT2D eigenvalue weighted by Crippen LogP contribution is -2.31. The van der Waals surface area contributed by atoms with E-state index in [4.69, 9.17) is 4.74 Å². The number of aryl methyl sites for hydroxylation is 2. The van der Waals surface area contributed by atoms with Crippen molar-refractivity contribution in [2.75, 3.05) is 17.7 Å². The number of nitrogens with one attached hydrogen (secondary N) is 2. The van der Waals surface area contributed by atoms with Crippen LogP contribution >= 0.6 is 0 Å². The Bertz CT molecular complexity index is 1300. The summed E-state index contributed by atoms with van der Waals surface area (Å²) in [5.41, 5.74) is 4.87. The number of fused-ring (bicyclic) bond motifs is 1. The van der Waals surface area contributed by atoms with Gasteiger partial charge in [-0.3, -0.25) is 4.79 Å².